The van der Waals surface area contributed by atoms with Crippen LogP contribution in [0.4, 0.5) is 0 Å². The molecule has 0 saturated heterocycles. The van der Waals surface area contributed by atoms with Gasteiger partial charge in [0, 0.05) is 0 Å². The molecule has 1 aliphatic heterocycles. The van der Waals surface area contributed by atoms with Crippen LogP contribution < -0.4 is 10.2 Å². The molecule has 2 aliphatic rings. The molecule has 3 rings (SSSR count). The van der Waals surface area contributed by atoms with Crippen molar-refractivity contribution in [2.75, 3.05) is 6.51 Å². The van der Waals surface area contributed by atoms with Gasteiger partial charge in [0.2, 0.25) is 0 Å². The van der Waals surface area contributed by atoms with E-state index >= 15 is 0 Å². The maximum absolute atomic E-state index is 5.68. The summed E-state index contributed by atoms with van der Waals surface area (Å²) in [6.07, 6.45) is 2.37. The summed E-state index contributed by atoms with van der Waals surface area (Å²) in [6, 6.07) is 6.39. The Bertz CT molecular complexity index is 396. The van der Waals surface area contributed by atoms with Crippen LogP contribution in [0.1, 0.15) is 18.4 Å². The van der Waals surface area contributed by atoms with Crippen LogP contribution in [-0.4, -0.2) is 27.2 Å². The van der Waals surface area contributed by atoms with Crippen LogP contribution in [0.3, 0.4) is 0 Å². The summed E-state index contributed by atoms with van der Waals surface area (Å²) in [5.74, 6) is 2.84. The Morgan fingerprint density at radius 2 is 2.29 bits per heavy atom. The topological polar surface area (TPSA) is 9.23 Å². The Morgan fingerprint density at radius 3 is 3.00 bits per heavy atom. The fraction of sp³-hybridized carbons (Fsp3) is 0.364. The van der Waals surface area contributed by atoms with Gasteiger partial charge in [-0.3, -0.25) is 0 Å². The van der Waals surface area contributed by atoms with Crippen LogP contribution in [0.2, 0.25) is 0 Å². The predicted molar refractivity (Wildman–Crippen MR) is 60.1 cm³/mol. The first kappa shape index (κ1) is 8.34. The van der Waals surface area contributed by atoms with Gasteiger partial charge < -0.3 is 0 Å². The van der Waals surface area contributed by atoms with Gasteiger partial charge >= 0.3 is 85.2 Å². The molecule has 0 aromatic heterocycles. The summed E-state index contributed by atoms with van der Waals surface area (Å²) in [4.78, 5) is 0. The third-order valence-corrected chi connectivity index (χ3v) is 3.23. The van der Waals surface area contributed by atoms with Crippen LogP contribution >= 0.6 is 0 Å². The molecule has 0 spiro atoms. The van der Waals surface area contributed by atoms with Crippen LogP contribution in [0, 0.1) is 0 Å². The third-order valence-electron chi connectivity index (χ3n) is 3.23. The Balaban J connectivity index is 2.04. The molecule has 1 fully saturated rings. The van der Waals surface area contributed by atoms with Gasteiger partial charge in [-0.15, -0.1) is 0 Å². The summed E-state index contributed by atoms with van der Waals surface area (Å²) in [6.45, 7) is 0.706. The van der Waals surface area contributed by atoms with Crippen LogP contribution in [0.5, 0.6) is 5.75 Å². The second kappa shape index (κ2) is 2.75. The number of hydrogen-bond acceptors (Lipinski definition) is 1. The minimum atomic E-state index is 0.172. The van der Waals surface area contributed by atoms with Gasteiger partial charge in [-0.1, -0.05) is 0 Å². The van der Waals surface area contributed by atoms with Gasteiger partial charge in [-0.2, -0.15) is 0 Å². The monoisotopic (exact) mass is 180 g/mol. The average Bonchev–Trinajstić information content (AvgIpc) is 2.89. The third kappa shape index (κ3) is 1.08. The van der Waals surface area contributed by atoms with E-state index in [1.807, 2.05) is 5.97 Å². The molecular formula is C11H10B2O. The summed E-state index contributed by atoms with van der Waals surface area (Å²) < 4.78 is 5.42. The number of benzene rings is 1. The Morgan fingerprint density at radius 1 is 1.43 bits per heavy atom. The van der Waals surface area contributed by atoms with Crippen molar-refractivity contribution < 1.29 is 4.74 Å². The second-order valence-electron chi connectivity index (χ2n) is 4.09. The number of ether oxygens (including phenoxy) is 1. The molecule has 0 atom stereocenters. The van der Waals surface area contributed by atoms with Crippen LogP contribution in [0.25, 0.3) is 0 Å². The first-order valence-electron chi connectivity index (χ1n) is 5.01. The molecule has 14 heavy (non-hydrogen) atoms. The standard InChI is InChI=1S/C11H10B2O/c12-6-11(3-4-11)8-1-2-10-9(5-8)13-7-14-10/h1-2,5-6H,3-4,7H2. The molecule has 66 valence electrons. The van der Waals surface area contributed by atoms with E-state index in [1.165, 1.54) is 23.9 Å². The number of hydrogen-bond donors (Lipinski definition) is 0. The number of rotatable bonds is 2. The molecular weight excluding hydrogens is 170 g/mol. The maximum atomic E-state index is 5.68. The van der Waals surface area contributed by atoms with Gasteiger partial charge in [-0.05, 0) is 0 Å². The Kier molecular flexibility index (Phi) is 1.64. The molecule has 1 aliphatic carbocycles. The van der Waals surface area contributed by atoms with Crippen molar-refractivity contribution in [3.8, 4) is 5.75 Å². The summed E-state index contributed by atoms with van der Waals surface area (Å²) in [5.41, 5.74) is 2.72. The summed E-state index contributed by atoms with van der Waals surface area (Å²) in [7, 11) is 7.80. The summed E-state index contributed by atoms with van der Waals surface area (Å²) >= 11 is 0. The SMILES string of the molecule is [B]=CC1(c2ccc3c(c2)[B]CO3)CC1. The molecule has 0 N–H and O–H groups in total. The van der Waals surface area contributed by atoms with Crippen LogP contribution in [0.15, 0.2) is 18.2 Å². The molecule has 0 unspecified atom stereocenters. The zero-order chi connectivity index (χ0) is 9.60. The molecule has 1 heterocycles. The first-order chi connectivity index (χ1) is 6.84. The zero-order valence-electron chi connectivity index (χ0n) is 7.99. The summed E-state index contributed by atoms with van der Waals surface area (Å²) in [5, 5.41) is 0. The number of fused-ring (bicyclic) bond motifs is 1. The Labute approximate surface area is 85.8 Å². The fourth-order valence-corrected chi connectivity index (χ4v) is 2.06. The van der Waals surface area contributed by atoms with E-state index in [0.29, 0.717) is 6.51 Å². The van der Waals surface area contributed by atoms with Gasteiger partial charge in [0.15, 0.2) is 0 Å². The zero-order valence-corrected chi connectivity index (χ0v) is 7.99. The predicted octanol–water partition coefficient (Wildman–Crippen LogP) is 0.368. The molecule has 2 radical (unpaired) electrons. The first-order valence-corrected chi connectivity index (χ1v) is 5.01. The van der Waals surface area contributed by atoms with Crippen molar-refractivity contribution >= 4 is 26.2 Å². The van der Waals surface area contributed by atoms with Gasteiger partial charge in [0.25, 0.3) is 0 Å². The van der Waals surface area contributed by atoms with Gasteiger partial charge in [-0.25, -0.2) is 0 Å². The molecule has 3 heteroatoms. The van der Waals surface area contributed by atoms with E-state index in [9.17, 15) is 0 Å². The second-order valence-corrected chi connectivity index (χ2v) is 4.09. The van der Waals surface area contributed by atoms with E-state index < -0.39 is 0 Å². The van der Waals surface area contributed by atoms with Crippen molar-refractivity contribution in [3.05, 3.63) is 23.8 Å². The fourth-order valence-electron chi connectivity index (χ4n) is 2.06. The molecule has 1 aromatic carbocycles. The Hall–Kier alpha value is -0.980. The van der Waals surface area contributed by atoms with Crippen molar-refractivity contribution in [2.45, 2.75) is 18.3 Å². The van der Waals surface area contributed by atoms with Gasteiger partial charge in [0.05, 0.1) is 0 Å². The molecule has 0 bridgehead atoms. The quantitative estimate of drug-likeness (QED) is 0.597. The average molecular weight is 180 g/mol. The van der Waals surface area contributed by atoms with E-state index in [1.54, 1.807) is 0 Å². The van der Waals surface area contributed by atoms with Crippen molar-refractivity contribution in [3.63, 3.8) is 0 Å². The van der Waals surface area contributed by atoms with Crippen molar-refractivity contribution in [1.29, 1.82) is 0 Å². The minimum absolute atomic E-state index is 0.172. The van der Waals surface area contributed by atoms with Crippen molar-refractivity contribution in [1.82, 2.24) is 0 Å². The van der Waals surface area contributed by atoms with E-state index in [2.05, 4.69) is 25.5 Å². The molecule has 0 amide bonds. The van der Waals surface area contributed by atoms with E-state index in [4.69, 9.17) is 12.2 Å². The molecule has 1 saturated carbocycles. The van der Waals surface area contributed by atoms with Gasteiger partial charge in [0.1, 0.15) is 0 Å². The van der Waals surface area contributed by atoms with Crippen LogP contribution in [-0.2, 0) is 5.41 Å². The van der Waals surface area contributed by atoms with Crippen molar-refractivity contribution in [2.24, 2.45) is 0 Å². The van der Waals surface area contributed by atoms with E-state index in [-0.39, 0.29) is 5.41 Å². The normalized spacial score (nSPS) is 20.5. The van der Waals surface area contributed by atoms with E-state index in [0.717, 1.165) is 5.75 Å². The molecule has 1 nitrogen and oxygen atoms in total. The molecule has 1 aromatic rings.